The summed E-state index contributed by atoms with van der Waals surface area (Å²) in [5.41, 5.74) is 2.97. The number of hydrogen-bond acceptors (Lipinski definition) is 4. The topological polar surface area (TPSA) is 70.1 Å². The second kappa shape index (κ2) is 8.78. The summed E-state index contributed by atoms with van der Waals surface area (Å²) in [6.07, 6.45) is 0.405. The van der Waals surface area contributed by atoms with Gasteiger partial charge in [-0.2, -0.15) is 0 Å². The van der Waals surface area contributed by atoms with E-state index in [1.807, 2.05) is 67.3 Å². The van der Waals surface area contributed by atoms with Gasteiger partial charge in [0, 0.05) is 25.7 Å². The van der Waals surface area contributed by atoms with Crippen molar-refractivity contribution in [1.29, 1.82) is 0 Å². The number of amides is 1. The van der Waals surface area contributed by atoms with Crippen molar-refractivity contribution in [2.45, 2.75) is 26.3 Å². The average molecular weight is 382 g/mol. The number of aryl methyl sites for hydroxylation is 1. The van der Waals surface area contributed by atoms with Gasteiger partial charge in [0.1, 0.15) is 5.75 Å². The van der Waals surface area contributed by atoms with Crippen molar-refractivity contribution in [2.75, 3.05) is 31.1 Å². The fourth-order valence-corrected chi connectivity index (χ4v) is 3.56. The normalized spacial score (nSPS) is 16.7. The van der Waals surface area contributed by atoms with Gasteiger partial charge in [-0.05, 0) is 37.1 Å². The lowest BCUT2D eigenvalue weighted by molar-refractivity contribution is -0.139. The van der Waals surface area contributed by atoms with Crippen molar-refractivity contribution in [1.82, 2.24) is 4.90 Å². The number of benzene rings is 2. The van der Waals surface area contributed by atoms with Crippen molar-refractivity contribution in [3.63, 3.8) is 0 Å². The summed E-state index contributed by atoms with van der Waals surface area (Å²) in [4.78, 5) is 27.7. The molecule has 1 fully saturated rings. The Morgan fingerprint density at radius 2 is 1.89 bits per heavy atom. The number of ether oxygens (including phenoxy) is 1. The molecular weight excluding hydrogens is 356 g/mol. The van der Waals surface area contributed by atoms with Gasteiger partial charge in [0.05, 0.1) is 12.1 Å². The van der Waals surface area contributed by atoms with Crippen LogP contribution in [0.2, 0.25) is 0 Å². The molecule has 0 unspecified atom stereocenters. The van der Waals surface area contributed by atoms with Gasteiger partial charge in [0.15, 0.2) is 6.61 Å². The van der Waals surface area contributed by atoms with Crippen LogP contribution in [0.3, 0.4) is 0 Å². The smallest absolute Gasteiger partial charge is 0.341 e. The van der Waals surface area contributed by atoms with Gasteiger partial charge in [0.25, 0.3) is 0 Å². The molecule has 3 rings (SSSR count). The Morgan fingerprint density at radius 3 is 2.57 bits per heavy atom. The van der Waals surface area contributed by atoms with Crippen LogP contribution in [0.5, 0.6) is 5.75 Å². The Balaban J connectivity index is 1.69. The molecule has 1 amide bonds. The maximum atomic E-state index is 12.7. The number of rotatable bonds is 6. The van der Waals surface area contributed by atoms with E-state index in [1.54, 1.807) is 0 Å². The minimum atomic E-state index is -1.00. The molecule has 6 nitrogen and oxygen atoms in total. The van der Waals surface area contributed by atoms with E-state index in [0.717, 1.165) is 16.8 Å². The summed E-state index contributed by atoms with van der Waals surface area (Å²) >= 11 is 0. The van der Waals surface area contributed by atoms with Gasteiger partial charge in [0.2, 0.25) is 5.91 Å². The highest BCUT2D eigenvalue weighted by atomic mass is 16.5. The molecular formula is C22H26N2O4. The van der Waals surface area contributed by atoms with E-state index in [2.05, 4.69) is 4.90 Å². The first-order chi connectivity index (χ1) is 13.4. The van der Waals surface area contributed by atoms with Crippen LogP contribution in [0.4, 0.5) is 5.69 Å². The quantitative estimate of drug-likeness (QED) is 0.832. The lowest BCUT2D eigenvalue weighted by Gasteiger charge is -2.41. The molecule has 2 aromatic carbocycles. The third-order valence-corrected chi connectivity index (χ3v) is 4.95. The fourth-order valence-electron chi connectivity index (χ4n) is 3.56. The van der Waals surface area contributed by atoms with Gasteiger partial charge in [-0.3, -0.25) is 4.79 Å². The van der Waals surface area contributed by atoms with E-state index < -0.39 is 5.97 Å². The van der Waals surface area contributed by atoms with E-state index in [1.165, 1.54) is 0 Å². The van der Waals surface area contributed by atoms with Crippen molar-refractivity contribution in [2.24, 2.45) is 0 Å². The highest BCUT2D eigenvalue weighted by Gasteiger charge is 2.28. The number of carboxylic acids is 1. The van der Waals surface area contributed by atoms with Gasteiger partial charge in [-0.25, -0.2) is 4.79 Å². The van der Waals surface area contributed by atoms with Gasteiger partial charge >= 0.3 is 5.97 Å². The SMILES string of the molecule is Cc1ccc(OCC(=O)O)c(N2CCN(C(=O)Cc3ccccc3)[C@@H](C)C2)c1. The van der Waals surface area contributed by atoms with Gasteiger partial charge in [-0.1, -0.05) is 36.4 Å². The van der Waals surface area contributed by atoms with Gasteiger partial charge in [-0.15, -0.1) is 0 Å². The van der Waals surface area contributed by atoms with Crippen LogP contribution in [0.15, 0.2) is 48.5 Å². The molecule has 0 radical (unpaired) electrons. The second-order valence-electron chi connectivity index (χ2n) is 7.20. The second-order valence-corrected chi connectivity index (χ2v) is 7.20. The molecule has 0 bridgehead atoms. The summed E-state index contributed by atoms with van der Waals surface area (Å²) < 4.78 is 5.47. The zero-order valence-electron chi connectivity index (χ0n) is 16.3. The number of nitrogens with zero attached hydrogens (tertiary/aromatic N) is 2. The zero-order valence-corrected chi connectivity index (χ0v) is 16.3. The van der Waals surface area contributed by atoms with E-state index in [-0.39, 0.29) is 18.6 Å². The zero-order chi connectivity index (χ0) is 20.1. The van der Waals surface area contributed by atoms with Crippen LogP contribution < -0.4 is 9.64 Å². The summed E-state index contributed by atoms with van der Waals surface area (Å²) in [7, 11) is 0. The molecule has 0 saturated carbocycles. The number of aliphatic carboxylic acids is 1. The molecule has 148 valence electrons. The van der Waals surface area contributed by atoms with Crippen LogP contribution in [-0.4, -0.2) is 54.2 Å². The van der Waals surface area contributed by atoms with E-state index in [0.29, 0.717) is 31.8 Å². The molecule has 0 spiro atoms. The highest BCUT2D eigenvalue weighted by molar-refractivity contribution is 5.79. The average Bonchev–Trinajstić information content (AvgIpc) is 2.67. The van der Waals surface area contributed by atoms with E-state index >= 15 is 0 Å². The Labute approximate surface area is 165 Å². The lowest BCUT2D eigenvalue weighted by atomic mass is 10.1. The summed E-state index contributed by atoms with van der Waals surface area (Å²) in [5.74, 6) is -0.314. The van der Waals surface area contributed by atoms with Crippen LogP contribution in [0.25, 0.3) is 0 Å². The third kappa shape index (κ3) is 4.82. The summed E-state index contributed by atoms with van der Waals surface area (Å²) in [6.45, 7) is 5.64. The number of carbonyl (C=O) groups is 2. The lowest BCUT2D eigenvalue weighted by Crippen LogP contribution is -2.54. The highest BCUT2D eigenvalue weighted by Crippen LogP contribution is 2.31. The minimum absolute atomic E-state index is 0.0535. The van der Waals surface area contributed by atoms with Gasteiger partial charge < -0.3 is 19.6 Å². The monoisotopic (exact) mass is 382 g/mol. The first-order valence-electron chi connectivity index (χ1n) is 9.47. The number of anilines is 1. The molecule has 1 heterocycles. The number of carboxylic acid groups (broad SMARTS) is 1. The summed E-state index contributed by atoms with van der Waals surface area (Å²) in [6, 6.07) is 15.6. The number of piperazine rings is 1. The van der Waals surface area contributed by atoms with Crippen LogP contribution in [0.1, 0.15) is 18.1 Å². The molecule has 1 aliphatic heterocycles. The fraction of sp³-hybridized carbons (Fsp3) is 0.364. The minimum Gasteiger partial charge on any atom is -0.480 e. The summed E-state index contributed by atoms with van der Waals surface area (Å²) in [5, 5.41) is 8.91. The molecule has 1 atom stereocenters. The molecule has 1 N–H and O–H groups in total. The van der Waals surface area contributed by atoms with Crippen molar-refractivity contribution >= 4 is 17.6 Å². The number of hydrogen-bond donors (Lipinski definition) is 1. The first kappa shape index (κ1) is 19.7. The Kier molecular flexibility index (Phi) is 6.19. The van der Waals surface area contributed by atoms with Crippen LogP contribution >= 0.6 is 0 Å². The Bertz CT molecular complexity index is 838. The van der Waals surface area contributed by atoms with Crippen molar-refractivity contribution in [3.8, 4) is 5.75 Å². The van der Waals surface area contributed by atoms with E-state index in [4.69, 9.17) is 9.84 Å². The van der Waals surface area contributed by atoms with E-state index in [9.17, 15) is 9.59 Å². The Morgan fingerprint density at radius 1 is 1.14 bits per heavy atom. The predicted molar refractivity (Wildman–Crippen MR) is 108 cm³/mol. The molecule has 28 heavy (non-hydrogen) atoms. The standard InChI is InChI=1S/C22H26N2O4/c1-16-8-9-20(28-15-22(26)27)19(12-16)23-10-11-24(17(2)14-23)21(25)13-18-6-4-3-5-7-18/h3-9,12,17H,10-11,13-15H2,1-2H3,(H,26,27)/t17-/m0/s1. The van der Waals surface area contributed by atoms with Crippen molar-refractivity contribution in [3.05, 3.63) is 59.7 Å². The maximum absolute atomic E-state index is 12.7. The maximum Gasteiger partial charge on any atom is 0.341 e. The third-order valence-electron chi connectivity index (χ3n) is 4.95. The number of carbonyl (C=O) groups excluding carboxylic acids is 1. The Hall–Kier alpha value is -3.02. The molecule has 2 aromatic rings. The first-order valence-corrected chi connectivity index (χ1v) is 9.47. The molecule has 6 heteroatoms. The molecule has 0 aromatic heterocycles. The van der Waals surface area contributed by atoms with Crippen LogP contribution in [-0.2, 0) is 16.0 Å². The largest absolute Gasteiger partial charge is 0.480 e. The van der Waals surface area contributed by atoms with Crippen LogP contribution in [0, 0.1) is 6.92 Å². The molecule has 1 aliphatic rings. The molecule has 1 saturated heterocycles. The predicted octanol–water partition coefficient (Wildman–Crippen LogP) is 2.74. The van der Waals surface area contributed by atoms with Crippen molar-refractivity contribution < 1.29 is 19.4 Å². The molecule has 0 aliphatic carbocycles.